The van der Waals surface area contributed by atoms with E-state index in [1.165, 1.54) is 0 Å². The predicted molar refractivity (Wildman–Crippen MR) is 77.8 cm³/mol. The normalized spacial score (nSPS) is 31.4. The van der Waals surface area contributed by atoms with Crippen LogP contribution in [0.5, 0.6) is 0 Å². The maximum absolute atomic E-state index is 12.5. The highest BCUT2D eigenvalue weighted by molar-refractivity contribution is 5.80. The molecule has 2 fully saturated rings. The van der Waals surface area contributed by atoms with Crippen molar-refractivity contribution in [3.05, 3.63) is 0 Å². The molecule has 0 radical (unpaired) electrons. The van der Waals surface area contributed by atoms with Gasteiger partial charge in [-0.05, 0) is 38.3 Å². The van der Waals surface area contributed by atoms with Gasteiger partial charge in [-0.1, -0.05) is 20.3 Å². The van der Waals surface area contributed by atoms with Gasteiger partial charge in [0.25, 0.3) is 0 Å². The molecule has 1 amide bonds. The Morgan fingerprint density at radius 1 is 1.26 bits per heavy atom. The van der Waals surface area contributed by atoms with E-state index in [4.69, 9.17) is 5.73 Å². The summed E-state index contributed by atoms with van der Waals surface area (Å²) in [5, 5.41) is 0. The summed E-state index contributed by atoms with van der Waals surface area (Å²) in [6, 6.07) is 0.106. The zero-order valence-electron chi connectivity index (χ0n) is 12.5. The smallest absolute Gasteiger partial charge is 0.227 e. The summed E-state index contributed by atoms with van der Waals surface area (Å²) < 4.78 is 0. The van der Waals surface area contributed by atoms with Gasteiger partial charge < -0.3 is 15.5 Å². The molecule has 110 valence electrons. The SMILES string of the molecule is CCN(CC)C[C@@H]1CCN(C(=O)[C@@H]2CCC[C@@H]2N)C1. The molecule has 0 unspecified atom stereocenters. The first-order valence-corrected chi connectivity index (χ1v) is 7.92. The van der Waals surface area contributed by atoms with Gasteiger partial charge in [-0.3, -0.25) is 4.79 Å². The first kappa shape index (κ1) is 14.8. The summed E-state index contributed by atoms with van der Waals surface area (Å²) in [5.41, 5.74) is 6.05. The zero-order valence-corrected chi connectivity index (χ0v) is 12.5. The average Bonchev–Trinajstić information content (AvgIpc) is 3.04. The minimum atomic E-state index is 0.104. The number of carbonyl (C=O) groups excluding carboxylic acids is 1. The van der Waals surface area contributed by atoms with Gasteiger partial charge in [-0.15, -0.1) is 0 Å². The first-order valence-electron chi connectivity index (χ1n) is 7.92. The van der Waals surface area contributed by atoms with Crippen molar-refractivity contribution in [3.63, 3.8) is 0 Å². The molecule has 19 heavy (non-hydrogen) atoms. The van der Waals surface area contributed by atoms with Crippen LogP contribution < -0.4 is 5.73 Å². The number of nitrogens with zero attached hydrogens (tertiary/aromatic N) is 2. The minimum Gasteiger partial charge on any atom is -0.342 e. The highest BCUT2D eigenvalue weighted by Crippen LogP contribution is 2.28. The Morgan fingerprint density at radius 2 is 2.00 bits per heavy atom. The second kappa shape index (κ2) is 6.71. The number of rotatable bonds is 5. The molecular weight excluding hydrogens is 238 g/mol. The molecule has 2 N–H and O–H groups in total. The van der Waals surface area contributed by atoms with E-state index in [1.807, 2.05) is 0 Å². The molecule has 2 rings (SSSR count). The predicted octanol–water partition coefficient (Wildman–Crippen LogP) is 1.30. The Hall–Kier alpha value is -0.610. The van der Waals surface area contributed by atoms with Gasteiger partial charge in [0.15, 0.2) is 0 Å². The quantitative estimate of drug-likeness (QED) is 0.817. The molecule has 0 aromatic heterocycles. The van der Waals surface area contributed by atoms with Gasteiger partial charge in [0.05, 0.1) is 5.92 Å². The van der Waals surface area contributed by atoms with E-state index in [0.717, 1.165) is 58.4 Å². The van der Waals surface area contributed by atoms with Crippen LogP contribution in [0.2, 0.25) is 0 Å². The lowest BCUT2D eigenvalue weighted by Gasteiger charge is -2.25. The van der Waals surface area contributed by atoms with Gasteiger partial charge in [0, 0.05) is 25.7 Å². The number of carbonyl (C=O) groups is 1. The molecule has 1 saturated carbocycles. The molecule has 1 heterocycles. The number of amides is 1. The van der Waals surface area contributed by atoms with E-state index >= 15 is 0 Å². The fourth-order valence-corrected chi connectivity index (χ4v) is 3.56. The summed E-state index contributed by atoms with van der Waals surface area (Å²) in [5.74, 6) is 1.08. The Bertz CT molecular complexity index is 304. The molecule has 2 aliphatic rings. The van der Waals surface area contributed by atoms with Crippen molar-refractivity contribution in [2.75, 3.05) is 32.7 Å². The molecule has 4 heteroatoms. The maximum Gasteiger partial charge on any atom is 0.227 e. The average molecular weight is 267 g/mol. The lowest BCUT2D eigenvalue weighted by molar-refractivity contribution is -0.134. The largest absolute Gasteiger partial charge is 0.342 e. The van der Waals surface area contributed by atoms with Crippen LogP contribution in [-0.2, 0) is 4.79 Å². The van der Waals surface area contributed by atoms with Crippen molar-refractivity contribution in [1.29, 1.82) is 0 Å². The van der Waals surface area contributed by atoms with Crippen molar-refractivity contribution in [2.24, 2.45) is 17.6 Å². The molecule has 0 bridgehead atoms. The summed E-state index contributed by atoms with van der Waals surface area (Å²) in [7, 11) is 0. The Labute approximate surface area is 117 Å². The van der Waals surface area contributed by atoms with Crippen LogP contribution in [0.1, 0.15) is 39.5 Å². The van der Waals surface area contributed by atoms with E-state index < -0.39 is 0 Å². The molecule has 1 aliphatic carbocycles. The summed E-state index contributed by atoms with van der Waals surface area (Å²) in [6.45, 7) is 9.64. The van der Waals surface area contributed by atoms with Crippen molar-refractivity contribution in [2.45, 2.75) is 45.6 Å². The number of hydrogen-bond donors (Lipinski definition) is 1. The van der Waals surface area contributed by atoms with Crippen LogP contribution in [0.3, 0.4) is 0 Å². The second-order valence-electron chi connectivity index (χ2n) is 6.13. The van der Waals surface area contributed by atoms with Gasteiger partial charge in [-0.25, -0.2) is 0 Å². The van der Waals surface area contributed by atoms with Crippen LogP contribution in [0.25, 0.3) is 0 Å². The van der Waals surface area contributed by atoms with Crippen LogP contribution in [0.4, 0.5) is 0 Å². The molecule has 1 saturated heterocycles. The second-order valence-corrected chi connectivity index (χ2v) is 6.13. The van der Waals surface area contributed by atoms with E-state index in [2.05, 4.69) is 23.6 Å². The highest BCUT2D eigenvalue weighted by atomic mass is 16.2. The third-order valence-electron chi connectivity index (χ3n) is 4.89. The standard InChI is InChI=1S/C15H29N3O/c1-3-17(4-2)10-12-8-9-18(11-12)15(19)13-6-5-7-14(13)16/h12-14H,3-11,16H2,1-2H3/t12-,13+,14-/m0/s1. The van der Waals surface area contributed by atoms with Gasteiger partial charge in [0.1, 0.15) is 0 Å². The fourth-order valence-electron chi connectivity index (χ4n) is 3.56. The first-order chi connectivity index (χ1) is 9.15. The molecule has 3 atom stereocenters. The van der Waals surface area contributed by atoms with E-state index in [9.17, 15) is 4.79 Å². The number of likely N-dealkylation sites (tertiary alicyclic amines) is 1. The lowest BCUT2D eigenvalue weighted by Crippen LogP contribution is -2.41. The Kier molecular flexibility index (Phi) is 5.22. The Balaban J connectivity index is 1.82. The molecule has 0 spiro atoms. The van der Waals surface area contributed by atoms with Crippen LogP contribution in [0.15, 0.2) is 0 Å². The molecule has 0 aromatic carbocycles. The molecular formula is C15H29N3O. The van der Waals surface area contributed by atoms with Crippen LogP contribution in [0, 0.1) is 11.8 Å². The number of nitrogens with two attached hydrogens (primary N) is 1. The van der Waals surface area contributed by atoms with Crippen molar-refractivity contribution >= 4 is 5.91 Å². The molecule has 4 nitrogen and oxygen atoms in total. The maximum atomic E-state index is 12.5. The van der Waals surface area contributed by atoms with Crippen LogP contribution in [-0.4, -0.2) is 54.5 Å². The summed E-state index contributed by atoms with van der Waals surface area (Å²) >= 11 is 0. The third kappa shape index (κ3) is 3.48. The summed E-state index contributed by atoms with van der Waals surface area (Å²) in [6.07, 6.45) is 4.29. The van der Waals surface area contributed by atoms with Gasteiger partial charge in [0.2, 0.25) is 5.91 Å². The molecule has 1 aliphatic heterocycles. The van der Waals surface area contributed by atoms with Crippen LogP contribution >= 0.6 is 0 Å². The number of hydrogen-bond acceptors (Lipinski definition) is 3. The van der Waals surface area contributed by atoms with Crippen molar-refractivity contribution in [1.82, 2.24) is 9.80 Å². The summed E-state index contributed by atoms with van der Waals surface area (Å²) in [4.78, 5) is 17.0. The zero-order chi connectivity index (χ0) is 13.8. The van der Waals surface area contributed by atoms with E-state index in [1.54, 1.807) is 0 Å². The Morgan fingerprint density at radius 3 is 2.58 bits per heavy atom. The van der Waals surface area contributed by atoms with Gasteiger partial charge >= 0.3 is 0 Å². The van der Waals surface area contributed by atoms with Crippen molar-refractivity contribution < 1.29 is 4.79 Å². The monoisotopic (exact) mass is 267 g/mol. The van der Waals surface area contributed by atoms with Crippen molar-refractivity contribution in [3.8, 4) is 0 Å². The van der Waals surface area contributed by atoms with Gasteiger partial charge in [-0.2, -0.15) is 0 Å². The third-order valence-corrected chi connectivity index (χ3v) is 4.89. The van der Waals surface area contributed by atoms with E-state index in [-0.39, 0.29) is 12.0 Å². The van der Waals surface area contributed by atoms with E-state index in [0.29, 0.717) is 11.8 Å². The molecule has 0 aromatic rings. The fraction of sp³-hybridized carbons (Fsp3) is 0.933. The lowest BCUT2D eigenvalue weighted by atomic mass is 10.0. The minimum absolute atomic E-state index is 0.104. The highest BCUT2D eigenvalue weighted by Gasteiger charge is 2.36. The topological polar surface area (TPSA) is 49.6 Å².